The molecular formula is C54H57N13O11S6. The molecule has 0 spiro atoms. The Balaban J connectivity index is 1.09. The number of pyridine rings is 1. The van der Waals surface area contributed by atoms with E-state index in [0.717, 1.165) is 11.3 Å². The number of aliphatic hydroxyl groups is 1. The maximum Gasteiger partial charge on any atom is 0.271 e. The van der Waals surface area contributed by atoms with Gasteiger partial charge in [-0.1, -0.05) is 44.2 Å². The first-order valence-corrected chi connectivity index (χ1v) is 31.1. The zero-order valence-electron chi connectivity index (χ0n) is 46.0. The van der Waals surface area contributed by atoms with Crippen molar-refractivity contribution in [1.29, 1.82) is 0 Å². The van der Waals surface area contributed by atoms with E-state index in [2.05, 4.69) is 36.9 Å². The van der Waals surface area contributed by atoms with Crippen LogP contribution >= 0.6 is 68.0 Å². The Bertz CT molecular complexity index is 3630. The molecule has 0 saturated carbocycles. The molecule has 0 aliphatic carbocycles. The van der Waals surface area contributed by atoms with Crippen molar-refractivity contribution in [2.75, 3.05) is 66.2 Å². The van der Waals surface area contributed by atoms with Crippen molar-refractivity contribution in [1.82, 2.24) is 61.5 Å². The Morgan fingerprint density at radius 3 is 2.23 bits per heavy atom. The number of hydrogen-bond donors (Lipinski definition) is 7. The van der Waals surface area contributed by atoms with Gasteiger partial charge in [0.05, 0.1) is 79.2 Å². The fourth-order valence-corrected chi connectivity index (χ4v) is 14.0. The van der Waals surface area contributed by atoms with E-state index in [1.54, 1.807) is 78.8 Å². The van der Waals surface area contributed by atoms with Crippen LogP contribution in [0.3, 0.4) is 0 Å². The van der Waals surface area contributed by atoms with Crippen LogP contribution in [-0.2, 0) is 39.9 Å². The summed E-state index contributed by atoms with van der Waals surface area (Å²) in [6, 6.07) is 9.55. The summed E-state index contributed by atoms with van der Waals surface area (Å²) in [5, 5.41) is 36.2. The average molecular weight is 1260 g/mol. The number of carbonyl (C=O) groups excluding carboxylic acids is 6. The first kappa shape index (κ1) is 61.3. The number of nitrogens with one attached hydrogen (secondary N) is 6. The molecule has 1 aliphatic heterocycles. The largest absolute Gasteiger partial charge is 0.386 e. The third-order valence-electron chi connectivity index (χ3n) is 12.5. The zero-order valence-corrected chi connectivity index (χ0v) is 50.9. The second-order valence-corrected chi connectivity index (χ2v) is 24.9. The standard InChI is InChI=1S/C54H57N13O11S6/c1-26(2)40-54-67-43(35(84-54)21-76-6)47(73)56-20-38(69)64-44(45(71)28-10-8-7-9-11-28)53-61-33(24-80-53)50-57-19-34(83-50)42-29(12-13-30(58-42)51-63-36(25-81-51)62-39(70)22-78-17-16-77-15-14-75-5)49-60-32(23-79-49)46(72)59-31(18-37(68)55-4)52-66-41(27(3)82-52)48(74)65-40/h7-13,19,23-26,31,40,44-45,71H,14-18,20-22H2,1-6H3,(H,55,68)(H,56,73)(H,59,72)(H,62,70)(H,64,69)(H,65,74)/t31-,40-,44-,45-/m0/s1. The number of rotatable bonds is 17. The molecule has 84 heavy (non-hydrogen) atoms. The van der Waals surface area contributed by atoms with Gasteiger partial charge in [-0.2, -0.15) is 0 Å². The summed E-state index contributed by atoms with van der Waals surface area (Å²) in [5.74, 6) is -3.23. The molecular weight excluding hydrogens is 1200 g/mol. The lowest BCUT2D eigenvalue weighted by atomic mass is 10.0. The Kier molecular flexibility index (Phi) is 20.9. The van der Waals surface area contributed by atoms with Crippen molar-refractivity contribution in [3.8, 4) is 42.5 Å². The van der Waals surface area contributed by atoms with Crippen molar-refractivity contribution in [2.45, 2.75) is 58.0 Å². The number of methoxy groups -OCH3 is 2. The van der Waals surface area contributed by atoms with Crippen LogP contribution in [-0.4, -0.2) is 136 Å². The molecule has 7 N–H and O–H groups in total. The lowest BCUT2D eigenvalue weighted by Gasteiger charge is -2.23. The first-order valence-electron chi connectivity index (χ1n) is 26.0. The molecule has 0 unspecified atom stereocenters. The van der Waals surface area contributed by atoms with E-state index in [-0.39, 0.29) is 49.2 Å². The van der Waals surface area contributed by atoms with E-state index in [1.807, 2.05) is 13.8 Å². The summed E-state index contributed by atoms with van der Waals surface area (Å²) >= 11 is 7.21. The monoisotopic (exact) mass is 1260 g/mol. The summed E-state index contributed by atoms with van der Waals surface area (Å²) in [5.41, 5.74) is 2.45. The van der Waals surface area contributed by atoms with Crippen LogP contribution in [0.2, 0.25) is 0 Å². The molecule has 10 bridgehead atoms. The number of nitrogens with zero attached hydrogens (tertiary/aromatic N) is 7. The third kappa shape index (κ3) is 15.0. The number of fused-ring (bicyclic) bond motifs is 14. The van der Waals surface area contributed by atoms with Gasteiger partial charge in [0.1, 0.15) is 77.4 Å². The van der Waals surface area contributed by atoms with Gasteiger partial charge in [-0.05, 0) is 30.5 Å². The van der Waals surface area contributed by atoms with E-state index in [1.165, 1.54) is 70.8 Å². The molecule has 4 atom stereocenters. The van der Waals surface area contributed by atoms with Gasteiger partial charge >= 0.3 is 0 Å². The fraction of sp³-hybridized carbons (Fsp3) is 0.352. The summed E-state index contributed by atoms with van der Waals surface area (Å²) in [7, 11) is 4.52. The molecule has 0 radical (unpaired) electrons. The second-order valence-electron chi connectivity index (χ2n) is 18.9. The van der Waals surface area contributed by atoms with Crippen molar-refractivity contribution < 1.29 is 52.8 Å². The number of benzene rings is 1. The highest BCUT2D eigenvalue weighted by atomic mass is 32.1. The molecule has 7 aromatic heterocycles. The van der Waals surface area contributed by atoms with Crippen molar-refractivity contribution in [2.24, 2.45) is 5.92 Å². The maximum atomic E-state index is 14.3. The summed E-state index contributed by atoms with van der Waals surface area (Å²) in [4.78, 5) is 117. The Labute approximate surface area is 505 Å². The van der Waals surface area contributed by atoms with E-state index in [0.29, 0.717) is 98.5 Å². The van der Waals surface area contributed by atoms with Crippen molar-refractivity contribution >= 4 is 109 Å². The van der Waals surface area contributed by atoms with Gasteiger partial charge in [0.25, 0.3) is 23.6 Å². The number of aryl methyl sites for hydroxylation is 1. The molecule has 8 aromatic rings. The van der Waals surface area contributed by atoms with Gasteiger partial charge in [0.15, 0.2) is 0 Å². The topological polar surface area (TPSA) is 322 Å². The highest BCUT2D eigenvalue weighted by molar-refractivity contribution is 7.19. The van der Waals surface area contributed by atoms with Crippen molar-refractivity contribution in [3.63, 3.8) is 0 Å². The summed E-state index contributed by atoms with van der Waals surface area (Å²) in [6.45, 7) is 6.12. The Morgan fingerprint density at radius 1 is 0.690 bits per heavy atom. The quantitative estimate of drug-likeness (QED) is 0.0454. The SMILES string of the molecule is CNC(=O)C[C@@H]1NC(=O)c2csc(n2)-c2ccc(-c3nc(NC(=O)COCCOCCOC)cs3)nc2-c2cnc(s2)-c2csc(n2)[C@H]([C@@H](O)c2ccccc2)NC(=O)CNC(=O)c2nc(sc2COC)[C@H](C(C)C)NC(=O)c2nc1sc2C. The molecule has 0 fully saturated rings. The molecule has 0 saturated heterocycles. The van der Waals surface area contributed by atoms with Crippen LogP contribution in [0.15, 0.2) is 64.8 Å². The zero-order chi connectivity index (χ0) is 59.4. The minimum Gasteiger partial charge on any atom is -0.386 e. The van der Waals surface area contributed by atoms with Gasteiger partial charge in [-0.3, -0.25) is 28.8 Å². The van der Waals surface area contributed by atoms with E-state index >= 15 is 0 Å². The molecule has 30 heteroatoms. The van der Waals surface area contributed by atoms with Gasteiger partial charge in [0, 0.05) is 54.0 Å². The van der Waals surface area contributed by atoms with Crippen molar-refractivity contribution in [3.05, 3.63) is 112 Å². The Hall–Kier alpha value is -7.23. The number of hydrogen-bond acceptors (Lipinski definition) is 24. The van der Waals surface area contributed by atoms with Gasteiger partial charge in [-0.25, -0.2) is 34.9 Å². The Morgan fingerprint density at radius 2 is 1.45 bits per heavy atom. The van der Waals surface area contributed by atoms with Gasteiger partial charge in [-0.15, -0.1) is 68.0 Å². The van der Waals surface area contributed by atoms with Crippen LogP contribution in [0.5, 0.6) is 0 Å². The third-order valence-corrected chi connectivity index (χ3v) is 18.4. The highest BCUT2D eigenvalue weighted by Gasteiger charge is 2.33. The normalized spacial score (nSPS) is 16.3. The second kappa shape index (κ2) is 28.6. The molecule has 9 rings (SSSR count). The molecule has 24 nitrogen and oxygen atoms in total. The fourth-order valence-electron chi connectivity index (χ4n) is 8.34. The van der Waals surface area contributed by atoms with Crippen LogP contribution in [0.25, 0.3) is 42.5 Å². The smallest absolute Gasteiger partial charge is 0.271 e. The number of anilines is 1. The number of amides is 6. The number of carbonyl (C=O) groups is 6. The van der Waals surface area contributed by atoms with Crippen LogP contribution in [0, 0.1) is 12.8 Å². The first-order chi connectivity index (χ1) is 40.6. The summed E-state index contributed by atoms with van der Waals surface area (Å²) in [6.07, 6.45) is 0.144. The number of thiazole rings is 6. The number of ether oxygens (including phenoxy) is 4. The molecule has 1 aliphatic rings. The molecule has 8 heterocycles. The minimum atomic E-state index is -1.27. The lowest BCUT2D eigenvalue weighted by molar-refractivity contribution is -0.122. The maximum absolute atomic E-state index is 14.3. The van der Waals surface area contributed by atoms with Crippen LogP contribution in [0.1, 0.15) is 106 Å². The predicted octanol–water partition coefficient (Wildman–Crippen LogP) is 6.93. The molecule has 6 amide bonds. The molecule has 440 valence electrons. The van der Waals surface area contributed by atoms with E-state index in [9.17, 15) is 33.9 Å². The van der Waals surface area contributed by atoms with Gasteiger partial charge in [0.2, 0.25) is 11.8 Å². The minimum absolute atomic E-state index is 0.00000613. The van der Waals surface area contributed by atoms with Crippen LogP contribution in [0.4, 0.5) is 5.82 Å². The number of aromatic nitrogens is 7. The predicted molar refractivity (Wildman–Crippen MR) is 319 cm³/mol. The average Bonchev–Trinajstić information content (AvgIpc) is 3.63. The molecule has 1 aromatic carbocycles. The van der Waals surface area contributed by atoms with E-state index in [4.69, 9.17) is 48.9 Å². The lowest BCUT2D eigenvalue weighted by Crippen LogP contribution is -2.40. The van der Waals surface area contributed by atoms with Crippen LogP contribution < -0.4 is 31.9 Å². The highest BCUT2D eigenvalue weighted by Crippen LogP contribution is 2.41. The van der Waals surface area contributed by atoms with E-state index < -0.39 is 66.2 Å². The number of aliphatic hydroxyl groups excluding tert-OH is 1. The van der Waals surface area contributed by atoms with Gasteiger partial charge < -0.3 is 56.0 Å². The summed E-state index contributed by atoms with van der Waals surface area (Å²) < 4.78 is 21.3.